The molecule has 9 N–H and O–H groups in total. The summed E-state index contributed by atoms with van der Waals surface area (Å²) >= 11 is 0. The fraction of sp³-hybridized carbons (Fsp3) is 0.640. The number of aromatic carboxylic acids is 1. The van der Waals surface area contributed by atoms with E-state index in [-0.39, 0.29) is 132 Å². The van der Waals surface area contributed by atoms with Crippen LogP contribution < -0.4 is 15.0 Å². The molecule has 42 nitrogen and oxygen atoms in total. The van der Waals surface area contributed by atoms with Crippen LogP contribution in [0.4, 0.5) is 37.1 Å². The van der Waals surface area contributed by atoms with Crippen molar-refractivity contribution in [3.05, 3.63) is 115 Å². The van der Waals surface area contributed by atoms with Gasteiger partial charge in [-0.05, 0) is 158 Å². The van der Waals surface area contributed by atoms with Gasteiger partial charge < -0.3 is 67.6 Å². The van der Waals surface area contributed by atoms with Gasteiger partial charge in [-0.1, -0.05) is 34.9 Å². The predicted molar refractivity (Wildman–Crippen MR) is 492 cm³/mol. The number of carboxylic acid groups (broad SMARTS) is 1. The van der Waals surface area contributed by atoms with Crippen LogP contribution in [0.1, 0.15) is 290 Å². The lowest BCUT2D eigenvalue weighted by Gasteiger charge is -2.34. The first-order valence-corrected chi connectivity index (χ1v) is 42.8. The monoisotopic (exact) mass is 1930 g/mol. The van der Waals surface area contributed by atoms with Gasteiger partial charge in [0.05, 0.1) is 65.3 Å². The molecule has 6 unspecified atom stereocenters. The summed E-state index contributed by atoms with van der Waals surface area (Å²) in [5.74, 6) is -2.41. The van der Waals surface area contributed by atoms with Crippen molar-refractivity contribution in [2.75, 3.05) is 42.5 Å². The van der Waals surface area contributed by atoms with Crippen molar-refractivity contribution < 1.29 is 112 Å². The van der Waals surface area contributed by atoms with Gasteiger partial charge in [0.25, 0.3) is 17.7 Å². The number of rotatable bonds is 10. The number of carbonyl (C=O) groups excluding carboxylic acids is 8. The Hall–Kier alpha value is -11.2. The summed E-state index contributed by atoms with van der Waals surface area (Å²) in [4.78, 5) is 129. The van der Waals surface area contributed by atoms with Crippen molar-refractivity contribution >= 4 is 83.1 Å². The minimum absolute atomic E-state index is 0. The number of allylic oxidation sites excluding steroid dienone is 1. The van der Waals surface area contributed by atoms with Crippen molar-refractivity contribution in [2.24, 2.45) is 0 Å². The maximum atomic E-state index is 12.5. The number of ether oxygens (including phenoxy) is 5. The third-order valence-electron chi connectivity index (χ3n) is 19.5. The van der Waals surface area contributed by atoms with E-state index in [0.717, 1.165) is 68.8 Å². The molecule has 6 aromatic heterocycles. The molecule has 12 heterocycles. The van der Waals surface area contributed by atoms with Crippen LogP contribution in [-0.4, -0.2) is 276 Å². The summed E-state index contributed by atoms with van der Waals surface area (Å²) in [6, 6.07) is 0.0917. The number of carboxylic acids is 1. The quantitative estimate of drug-likeness (QED) is 0.0154. The number of nitrogens with zero attached hydrogens (tertiary/aromatic N) is 13. The molecule has 133 heavy (non-hydrogen) atoms. The summed E-state index contributed by atoms with van der Waals surface area (Å²) < 4.78 is 90.7. The van der Waals surface area contributed by atoms with Gasteiger partial charge in [-0.25, -0.2) is 44.4 Å². The molecule has 7 amide bonds. The number of hydrogen-bond donors (Lipinski definition) is 9. The number of nitrogens with one attached hydrogen (secondary N) is 8. The molecule has 6 atom stereocenters. The normalized spacial score (nSPS) is 17.4. The van der Waals surface area contributed by atoms with E-state index in [0.29, 0.717) is 79.4 Å². The van der Waals surface area contributed by atoms with E-state index in [1.54, 1.807) is 96.5 Å². The Kier molecular flexibility index (Phi) is 45.2. The largest absolute Gasteiger partial charge is 0.534 e. The second-order valence-corrected chi connectivity index (χ2v) is 37.4. The van der Waals surface area contributed by atoms with E-state index in [1.165, 1.54) is 36.1 Å². The van der Waals surface area contributed by atoms with Gasteiger partial charge in [0, 0.05) is 164 Å². The number of alkyl halides is 3. The van der Waals surface area contributed by atoms with Crippen LogP contribution in [0.15, 0.2) is 19.2 Å². The number of hydrogen-bond acceptors (Lipinski definition) is 28. The highest BCUT2D eigenvalue weighted by atomic mass is 35.5. The zero-order valence-corrected chi connectivity index (χ0v) is 81.1. The van der Waals surface area contributed by atoms with Crippen LogP contribution >= 0.6 is 12.4 Å². The summed E-state index contributed by atoms with van der Waals surface area (Å²) in [7, 11) is 3.38. The van der Waals surface area contributed by atoms with E-state index in [4.69, 9.17) is 38.5 Å². The molecule has 0 aromatic carbocycles. The first kappa shape index (κ1) is 120. The molecule has 0 saturated heterocycles. The molecule has 0 radical (unpaired) electrons. The number of aromatic nitrogens is 12. The van der Waals surface area contributed by atoms with Crippen molar-refractivity contribution in [1.82, 2.24) is 107 Å². The van der Waals surface area contributed by atoms with Crippen LogP contribution in [0.2, 0.25) is 0 Å². The molecule has 0 fully saturated rings. The van der Waals surface area contributed by atoms with Gasteiger partial charge in [-0.3, -0.25) is 54.7 Å². The van der Waals surface area contributed by atoms with Gasteiger partial charge in [0.1, 0.15) is 33.7 Å². The number of fused-ring (bicyclic) bond motifs is 6. The summed E-state index contributed by atoms with van der Waals surface area (Å²) in [5, 5.41) is 55.1. The van der Waals surface area contributed by atoms with Gasteiger partial charge >= 0.3 is 52.1 Å². The average molecular weight is 1930 g/mol. The predicted octanol–water partition coefficient (Wildman–Crippen LogP) is 13.8. The van der Waals surface area contributed by atoms with Gasteiger partial charge in [0.2, 0.25) is 0 Å². The fourth-order valence-corrected chi connectivity index (χ4v) is 13.5. The number of hydroxylamine groups is 5. The van der Waals surface area contributed by atoms with E-state index in [1.807, 2.05) is 96.9 Å². The van der Waals surface area contributed by atoms with Gasteiger partial charge in [-0.15, -0.1) is 24.1 Å². The summed E-state index contributed by atoms with van der Waals surface area (Å²) in [6.07, 6.45) is 5.66. The molecular weight excluding hydrogens is 1790 g/mol. The zero-order chi connectivity index (χ0) is 97.9. The minimum atomic E-state index is -5.85. The third-order valence-corrected chi connectivity index (χ3v) is 20.5. The molecule has 0 saturated carbocycles. The Morgan fingerprint density at radius 3 is 1.02 bits per heavy atom. The molecular formula is C86H143ClF3N21O21S. The van der Waals surface area contributed by atoms with E-state index in [2.05, 4.69) is 101 Å². The van der Waals surface area contributed by atoms with Crippen molar-refractivity contribution in [3.63, 3.8) is 0 Å². The highest BCUT2D eigenvalue weighted by Gasteiger charge is 2.50. The summed E-state index contributed by atoms with van der Waals surface area (Å²) in [5.41, 5.74) is 5.02. The lowest BCUT2D eigenvalue weighted by atomic mass is 10.00. The molecule has 12 rings (SSSR count). The third kappa shape index (κ3) is 34.0. The number of amides is 7. The number of H-pyrrole nitrogens is 6. The number of aromatic amines is 6. The Morgan fingerprint density at radius 2 is 0.722 bits per heavy atom. The SMILES string of the molecule is C.C.C.C=CC.C=Cc1n[nH]c2c1CN(C(=O)OC(C)(C)C)C(C)C2.CC1Cc2[nH]nc(C(=O)O)c2CN1C(=O)OC(C)(C)C.CC1Cc2[nH]nc(C=O)c2CN1C(=O)OC(C)(C)C.CC1Cc2[nH]nc(OS(=O)(=O)C(F)(F)F)c2CN1C(=O)OC(C)(C)C.CNOC.CON(C)C(=O)c1n[nH]c2c1CN(C(=O)OC(C)(C)C)C(C)C2.CON(C)C(=O)c1n[nH]c2c1CNC(C)C2.Cl. The van der Waals surface area contributed by atoms with Crippen LogP contribution in [0.25, 0.3) is 6.08 Å². The highest BCUT2D eigenvalue weighted by molar-refractivity contribution is 7.88. The Bertz CT molecular complexity index is 4880. The standard InChI is InChI=1S/C15H24N4O4.C14H21N3O2.C13H18F3N3O5S.C13H19N3O4.C13H19N3O3.C10H16N4O2.C3H6.C2H7NO.3CH4.ClH/c1-9-7-11-10(8-19(9)14(21)23-15(2,3)4)12(17-16-11)13(20)18(5)22-6;1-6-11-10-8-17(13(18)19-14(3,4)5)9(2)7-12(10)16-15-11;1-7-5-9-8(6-19(7)11(20)23-12(2,3)4)10(18-17-9)24-25(21,22)13(14,15)16;1-7-5-9-8(10(11(17)18)15-14-9)6-16(7)12(19)20-13(2,3)4;1-8-5-10-9(11(7-17)15-14-10)6-16(8)12(18)19-13(2,3)4;1-6-4-8-7(5-11-6)9(13-12-8)10(15)14(2)16-3;1-3-2;1-3-4-2;;;;/h9H,7-8H2,1-6H3,(H,16,17);6,9H,1,7-8H2,2-5H3,(H,15,16);7H,5-6H2,1-4H3,(H,17,18);7H,5-6H2,1-4H3,(H,14,15)(H,17,18);7-8H,5-6H2,1-4H3,(H,14,15);6,11H,4-5H2,1-3H3,(H,12,13);3H,1H2,2H3;3H,1-2H3;3*1H4;1H. The van der Waals surface area contributed by atoms with E-state index in [9.17, 15) is 64.7 Å². The molecule has 6 aliphatic heterocycles. The maximum absolute atomic E-state index is 12.5. The number of carbonyl (C=O) groups is 9. The number of aldehydes is 1. The molecule has 0 bridgehead atoms. The van der Waals surface area contributed by atoms with Gasteiger partial charge in [0.15, 0.2) is 23.4 Å². The van der Waals surface area contributed by atoms with Crippen molar-refractivity contribution in [1.29, 1.82) is 0 Å². The van der Waals surface area contributed by atoms with Crippen LogP contribution in [0.3, 0.4) is 0 Å². The molecule has 47 heteroatoms. The van der Waals surface area contributed by atoms with Gasteiger partial charge in [-0.2, -0.15) is 47.1 Å². The van der Waals surface area contributed by atoms with Crippen molar-refractivity contribution in [2.45, 2.75) is 322 Å². The Labute approximate surface area is 784 Å². The topological polar surface area (TPSA) is 510 Å². The fourth-order valence-electron chi connectivity index (χ4n) is 13.1. The molecule has 6 aromatic rings. The Morgan fingerprint density at radius 1 is 0.459 bits per heavy atom. The second-order valence-electron chi connectivity index (χ2n) is 35.9. The van der Waals surface area contributed by atoms with Crippen LogP contribution in [-0.2, 0) is 126 Å². The first-order chi connectivity index (χ1) is 59.6. The first-order valence-electron chi connectivity index (χ1n) is 41.4. The van der Waals surface area contributed by atoms with E-state index >= 15 is 0 Å². The Balaban J connectivity index is 0.000000784. The van der Waals surface area contributed by atoms with E-state index < -0.39 is 73.8 Å². The van der Waals surface area contributed by atoms with Crippen LogP contribution in [0, 0.1) is 0 Å². The molecule has 752 valence electrons. The minimum Gasteiger partial charge on any atom is -0.476 e. The highest BCUT2D eigenvalue weighted by Crippen LogP contribution is 2.36. The lowest BCUT2D eigenvalue weighted by molar-refractivity contribution is -0.0762. The zero-order valence-electron chi connectivity index (χ0n) is 79.5. The summed E-state index contributed by atoms with van der Waals surface area (Å²) in [6.45, 7) is 49.5. The molecule has 0 spiro atoms. The van der Waals surface area contributed by atoms with Crippen LogP contribution in [0.5, 0.6) is 5.88 Å². The average Bonchev–Trinajstić information content (AvgIpc) is 1.63. The lowest BCUT2D eigenvalue weighted by Crippen LogP contribution is -2.45. The smallest absolute Gasteiger partial charge is 0.476 e. The van der Waals surface area contributed by atoms with Crippen molar-refractivity contribution in [3.8, 4) is 5.88 Å². The second kappa shape index (κ2) is 50.2. The molecule has 0 aliphatic carbocycles. The maximum Gasteiger partial charge on any atom is 0.534 e. The number of halogens is 4. The molecule has 6 aliphatic rings.